The van der Waals surface area contributed by atoms with E-state index in [0.717, 1.165) is 41.2 Å². The summed E-state index contributed by atoms with van der Waals surface area (Å²) in [6.45, 7) is 2.35. The van der Waals surface area contributed by atoms with E-state index in [-0.39, 0.29) is 5.84 Å². The zero-order chi connectivity index (χ0) is 27.6. The van der Waals surface area contributed by atoms with Crippen LogP contribution in [0.1, 0.15) is 24.0 Å². The molecule has 0 radical (unpaired) electrons. The van der Waals surface area contributed by atoms with Gasteiger partial charge in [-0.3, -0.25) is 15.8 Å². The first-order valence-electron chi connectivity index (χ1n) is 12.9. The monoisotopic (exact) mass is 525 g/mol. The number of ether oxygens (including phenoxy) is 2. The highest BCUT2D eigenvalue weighted by atomic mass is 16.5. The van der Waals surface area contributed by atoms with Crippen molar-refractivity contribution >= 4 is 11.7 Å². The van der Waals surface area contributed by atoms with Crippen LogP contribution in [-0.4, -0.2) is 41.1 Å². The summed E-state index contributed by atoms with van der Waals surface area (Å²) in [5, 5.41) is 16.3. The third-order valence-corrected chi connectivity index (χ3v) is 6.33. The molecular formula is C30H35N7O2. The molecule has 0 spiro atoms. The lowest BCUT2D eigenvalue weighted by atomic mass is 10.1. The van der Waals surface area contributed by atoms with Crippen LogP contribution >= 0.6 is 0 Å². The fourth-order valence-electron chi connectivity index (χ4n) is 4.20. The summed E-state index contributed by atoms with van der Waals surface area (Å²) in [4.78, 5) is 4.00. The van der Waals surface area contributed by atoms with Gasteiger partial charge in [0.15, 0.2) is 0 Å². The quantitative estimate of drug-likeness (QED) is 0.119. The van der Waals surface area contributed by atoms with Crippen LogP contribution in [0.15, 0.2) is 90.1 Å². The molecule has 4 rings (SSSR count). The summed E-state index contributed by atoms with van der Waals surface area (Å²) >= 11 is 0. The summed E-state index contributed by atoms with van der Waals surface area (Å²) in [7, 11) is 1.67. The average molecular weight is 526 g/mol. The molecule has 0 aliphatic carbocycles. The largest absolute Gasteiger partial charge is 0.494 e. The third kappa shape index (κ3) is 7.16. The van der Waals surface area contributed by atoms with Crippen molar-refractivity contribution < 1.29 is 9.47 Å². The summed E-state index contributed by atoms with van der Waals surface area (Å²) < 4.78 is 15.8. The van der Waals surface area contributed by atoms with Crippen molar-refractivity contribution in [1.29, 1.82) is 10.8 Å². The molecule has 0 unspecified atom stereocenters. The Morgan fingerprint density at radius 3 is 1.92 bits per heavy atom. The van der Waals surface area contributed by atoms with Gasteiger partial charge in [-0.1, -0.05) is 30.3 Å². The van der Waals surface area contributed by atoms with Crippen molar-refractivity contribution in [1.82, 2.24) is 9.13 Å². The molecule has 9 heteroatoms. The second kappa shape index (κ2) is 13.1. The Bertz CT molecular complexity index is 1450. The highest BCUT2D eigenvalue weighted by molar-refractivity contribution is 5.97. The Morgan fingerprint density at radius 2 is 1.36 bits per heavy atom. The van der Waals surface area contributed by atoms with Crippen LogP contribution in [0.3, 0.4) is 0 Å². The maximum atomic E-state index is 8.85. The second-order valence-corrected chi connectivity index (χ2v) is 9.02. The van der Waals surface area contributed by atoms with E-state index in [2.05, 4.69) is 17.1 Å². The zero-order valence-electron chi connectivity index (χ0n) is 22.1. The number of nitrogens with zero attached hydrogens (tertiary/aromatic N) is 3. The Labute approximate surface area is 228 Å². The van der Waals surface area contributed by atoms with E-state index in [1.54, 1.807) is 19.2 Å². The molecule has 6 N–H and O–H groups in total. The van der Waals surface area contributed by atoms with Gasteiger partial charge in [0.1, 0.15) is 23.2 Å². The number of hydrogen-bond donors (Lipinski definition) is 4. The van der Waals surface area contributed by atoms with Crippen LogP contribution in [0.5, 0.6) is 11.5 Å². The molecule has 0 aliphatic heterocycles. The fraction of sp³-hybridized carbons (Fsp3) is 0.233. The molecule has 3 aromatic carbocycles. The number of aliphatic imine (C=N–C) groups is 1. The van der Waals surface area contributed by atoms with Crippen LogP contribution in [0, 0.1) is 10.8 Å². The van der Waals surface area contributed by atoms with E-state index >= 15 is 0 Å². The van der Waals surface area contributed by atoms with Crippen molar-refractivity contribution in [3.8, 4) is 22.8 Å². The molecule has 4 aromatic rings. The minimum Gasteiger partial charge on any atom is -0.494 e. The molecular weight excluding hydrogens is 490 g/mol. The number of hydrogen-bond acceptors (Lipinski definition) is 5. The molecule has 0 fully saturated rings. The van der Waals surface area contributed by atoms with E-state index < -0.39 is 0 Å². The van der Waals surface area contributed by atoms with Crippen molar-refractivity contribution in [3.05, 3.63) is 102 Å². The molecule has 0 atom stereocenters. The van der Waals surface area contributed by atoms with Crippen molar-refractivity contribution in [2.45, 2.75) is 25.9 Å². The van der Waals surface area contributed by atoms with Crippen LogP contribution in [0.25, 0.3) is 11.3 Å². The first-order chi connectivity index (χ1) is 19.0. The summed E-state index contributed by atoms with van der Waals surface area (Å²) in [5.74, 6) is 2.04. The van der Waals surface area contributed by atoms with Crippen molar-refractivity contribution in [2.24, 2.45) is 16.5 Å². The molecule has 202 valence electrons. The summed E-state index contributed by atoms with van der Waals surface area (Å²) in [6.07, 6.45) is 3.54. The minimum atomic E-state index is 0.0355. The number of aryl methyl sites for hydroxylation is 1. The van der Waals surface area contributed by atoms with Crippen molar-refractivity contribution in [2.75, 3.05) is 20.3 Å². The van der Waals surface area contributed by atoms with Gasteiger partial charge in [0.2, 0.25) is 5.62 Å². The van der Waals surface area contributed by atoms with Gasteiger partial charge >= 0.3 is 0 Å². The Balaban J connectivity index is 1.36. The van der Waals surface area contributed by atoms with Crippen LogP contribution in [0.4, 0.5) is 0 Å². The van der Waals surface area contributed by atoms with Gasteiger partial charge in [0.05, 0.1) is 18.9 Å². The summed E-state index contributed by atoms with van der Waals surface area (Å²) in [5.41, 5.74) is 15.4. The predicted octanol–water partition coefficient (Wildman–Crippen LogP) is 3.99. The molecule has 1 aromatic heterocycles. The first-order valence-corrected chi connectivity index (χ1v) is 12.9. The van der Waals surface area contributed by atoms with E-state index in [9.17, 15) is 0 Å². The highest BCUT2D eigenvalue weighted by Crippen LogP contribution is 2.19. The molecule has 0 amide bonds. The lowest BCUT2D eigenvalue weighted by Crippen LogP contribution is -2.26. The van der Waals surface area contributed by atoms with Gasteiger partial charge < -0.3 is 30.1 Å². The molecule has 0 aliphatic rings. The van der Waals surface area contributed by atoms with Gasteiger partial charge in [-0.05, 0) is 66.9 Å². The normalized spacial score (nSPS) is 11.4. The zero-order valence-corrected chi connectivity index (χ0v) is 22.1. The third-order valence-electron chi connectivity index (χ3n) is 6.33. The van der Waals surface area contributed by atoms with Crippen LogP contribution in [0.2, 0.25) is 0 Å². The smallest absolute Gasteiger partial charge is 0.202 e. The highest BCUT2D eigenvalue weighted by Gasteiger charge is 2.11. The molecule has 0 bridgehead atoms. The van der Waals surface area contributed by atoms with Gasteiger partial charge in [0.25, 0.3) is 0 Å². The van der Waals surface area contributed by atoms with Crippen molar-refractivity contribution in [3.63, 3.8) is 0 Å². The fourth-order valence-corrected chi connectivity index (χ4v) is 4.20. The van der Waals surface area contributed by atoms with Gasteiger partial charge in [-0.15, -0.1) is 0 Å². The number of aromatic nitrogens is 2. The van der Waals surface area contributed by atoms with Gasteiger partial charge in [-0.25, -0.2) is 0 Å². The van der Waals surface area contributed by atoms with E-state index in [0.29, 0.717) is 43.3 Å². The lowest BCUT2D eigenvalue weighted by molar-refractivity contribution is 0.296. The Kier molecular flexibility index (Phi) is 9.18. The standard InChI is InChI=1S/C30H35N7O2/c1-35-29(33)24-11-15-26(16-12-24)39-20-6-18-37-27(22-7-3-2-4-8-22)21-36(30(37)34)17-5-19-38-25-13-9-23(10-14-25)28(31)32/h2-4,7-16,21,34H,5-6,17-20H2,1H3,(H3,31,32)(H2,33,35). The topological polar surface area (TPSA) is 140 Å². The molecule has 39 heavy (non-hydrogen) atoms. The number of nitrogen functional groups attached to an aromatic ring is 1. The Hall–Kier alpha value is -4.79. The minimum absolute atomic E-state index is 0.0355. The number of benzene rings is 3. The van der Waals surface area contributed by atoms with Crippen LogP contribution in [-0.2, 0) is 13.1 Å². The maximum Gasteiger partial charge on any atom is 0.202 e. The number of nitrogens with one attached hydrogen (secondary N) is 2. The molecule has 1 heterocycles. The van der Waals surface area contributed by atoms with E-state index in [1.165, 1.54) is 0 Å². The first kappa shape index (κ1) is 27.3. The molecule has 9 nitrogen and oxygen atoms in total. The number of rotatable bonds is 13. The maximum absolute atomic E-state index is 8.85. The predicted molar refractivity (Wildman–Crippen MR) is 154 cm³/mol. The molecule has 0 saturated carbocycles. The number of nitrogens with two attached hydrogens (primary N) is 2. The summed E-state index contributed by atoms with van der Waals surface area (Å²) in [6, 6.07) is 24.9. The lowest BCUT2D eigenvalue weighted by Gasteiger charge is -2.10. The van der Waals surface area contributed by atoms with Crippen LogP contribution < -0.4 is 26.6 Å². The second-order valence-electron chi connectivity index (χ2n) is 9.02. The van der Waals surface area contributed by atoms with Gasteiger partial charge in [-0.2, -0.15) is 0 Å². The number of imidazole rings is 1. The van der Waals surface area contributed by atoms with E-state index in [4.69, 9.17) is 31.8 Å². The van der Waals surface area contributed by atoms with E-state index in [1.807, 2.05) is 69.9 Å². The Morgan fingerprint density at radius 1 is 0.795 bits per heavy atom. The SMILES string of the molecule is CN=C(N)c1ccc(OCCCn2c(-c3ccccc3)cn(CCCOc3ccc(C(=N)N)cc3)c2=N)cc1. The number of amidine groups is 2. The van der Waals surface area contributed by atoms with Gasteiger partial charge in [0, 0.05) is 37.5 Å². The average Bonchev–Trinajstić information content (AvgIpc) is 3.28. The molecule has 0 saturated heterocycles.